The minimum Gasteiger partial charge on any atom is -0.456 e. The third kappa shape index (κ3) is 5.45. The van der Waals surface area contributed by atoms with E-state index in [2.05, 4.69) is 115 Å². The van der Waals surface area contributed by atoms with Crippen molar-refractivity contribution in [2.45, 2.75) is 0 Å². The van der Waals surface area contributed by atoms with Crippen molar-refractivity contribution in [1.29, 1.82) is 0 Å². The fourth-order valence-corrected chi connectivity index (χ4v) is 6.52. The van der Waals surface area contributed by atoms with Crippen LogP contribution in [0.5, 0.6) is 0 Å². The van der Waals surface area contributed by atoms with Gasteiger partial charge in [0.1, 0.15) is 11.2 Å². The molecule has 0 aliphatic rings. The third-order valence-electron chi connectivity index (χ3n) is 8.92. The fraction of sp³-hybridized carbons (Fsp3) is 0. The van der Waals surface area contributed by atoms with Crippen molar-refractivity contribution in [2.24, 2.45) is 0 Å². The zero-order valence-corrected chi connectivity index (χ0v) is 26.5. The number of hydrogen-bond acceptors (Lipinski definition) is 4. The topological polar surface area (TPSA) is 51.8 Å². The van der Waals surface area contributed by atoms with E-state index in [1.807, 2.05) is 60.7 Å². The van der Waals surface area contributed by atoms with E-state index in [4.69, 9.17) is 19.4 Å². The molecule has 0 saturated carbocycles. The largest absolute Gasteiger partial charge is 0.456 e. The SMILES string of the molecule is c1ccc(-c2cc(-c3ccccc3)cc(-c3nc(-c4ccccc4)nc(-c4cccc5oc6cc(-c7ccccc7)ccc6c45)n3)c2)cc1. The molecule has 2 heterocycles. The standard InChI is InChI=1S/C45H29N3O/c1-5-14-30(15-6-1)34-24-25-38-41(29-34)49-40-23-13-22-39(42(38)40)45-47-43(33-20-11-4-12-21-33)46-44(48-45)37-27-35(31-16-7-2-8-17-31)26-36(28-37)32-18-9-3-10-19-32/h1-29H. The molecule has 0 atom stereocenters. The fourth-order valence-electron chi connectivity index (χ4n) is 6.52. The Morgan fingerprint density at radius 2 is 0.796 bits per heavy atom. The number of nitrogens with zero attached hydrogens (tertiary/aromatic N) is 3. The van der Waals surface area contributed by atoms with E-state index in [1.54, 1.807) is 0 Å². The Morgan fingerprint density at radius 3 is 1.39 bits per heavy atom. The number of benzene rings is 7. The van der Waals surface area contributed by atoms with E-state index < -0.39 is 0 Å². The first-order chi connectivity index (χ1) is 24.3. The number of hydrogen-bond donors (Lipinski definition) is 0. The van der Waals surface area contributed by atoms with Crippen LogP contribution in [0.4, 0.5) is 0 Å². The minimum atomic E-state index is 0.593. The lowest BCUT2D eigenvalue weighted by Crippen LogP contribution is -2.01. The van der Waals surface area contributed by atoms with Gasteiger partial charge in [0, 0.05) is 27.5 Å². The summed E-state index contributed by atoms with van der Waals surface area (Å²) in [6, 6.07) is 60.4. The average Bonchev–Trinajstić information content (AvgIpc) is 3.57. The van der Waals surface area contributed by atoms with Crippen molar-refractivity contribution >= 4 is 21.9 Å². The average molecular weight is 628 g/mol. The summed E-state index contributed by atoms with van der Waals surface area (Å²) in [7, 11) is 0. The van der Waals surface area contributed by atoms with Crippen molar-refractivity contribution in [2.75, 3.05) is 0 Å². The van der Waals surface area contributed by atoms with Crippen LogP contribution in [0.25, 0.3) is 89.5 Å². The highest BCUT2D eigenvalue weighted by Gasteiger charge is 2.19. The van der Waals surface area contributed by atoms with E-state index >= 15 is 0 Å². The first-order valence-electron chi connectivity index (χ1n) is 16.4. The Kier molecular flexibility index (Phi) is 7.10. The van der Waals surface area contributed by atoms with Gasteiger partial charge in [0.05, 0.1) is 0 Å². The summed E-state index contributed by atoms with van der Waals surface area (Å²) in [5, 5.41) is 2.00. The van der Waals surface area contributed by atoms with Crippen LogP contribution in [0.3, 0.4) is 0 Å². The van der Waals surface area contributed by atoms with E-state index in [-0.39, 0.29) is 0 Å². The number of furan rings is 1. The summed E-state index contributed by atoms with van der Waals surface area (Å²) in [6.07, 6.45) is 0. The molecule has 4 nitrogen and oxygen atoms in total. The minimum absolute atomic E-state index is 0.593. The molecule has 49 heavy (non-hydrogen) atoms. The van der Waals surface area contributed by atoms with E-state index in [1.165, 1.54) is 0 Å². The highest BCUT2D eigenvalue weighted by Crippen LogP contribution is 2.39. The Labute approximate surface area is 284 Å². The van der Waals surface area contributed by atoms with Gasteiger partial charge in [-0.25, -0.2) is 15.0 Å². The van der Waals surface area contributed by atoms with Gasteiger partial charge in [-0.2, -0.15) is 0 Å². The number of rotatable bonds is 6. The summed E-state index contributed by atoms with van der Waals surface area (Å²) in [5.41, 5.74) is 11.0. The maximum Gasteiger partial charge on any atom is 0.164 e. The van der Waals surface area contributed by atoms with Crippen molar-refractivity contribution < 1.29 is 4.42 Å². The predicted molar refractivity (Wildman–Crippen MR) is 200 cm³/mol. The molecule has 0 aliphatic carbocycles. The highest BCUT2D eigenvalue weighted by molar-refractivity contribution is 6.12. The Bertz CT molecular complexity index is 2520. The second-order valence-electron chi connectivity index (χ2n) is 12.1. The van der Waals surface area contributed by atoms with E-state index in [9.17, 15) is 0 Å². The summed E-state index contributed by atoms with van der Waals surface area (Å²) < 4.78 is 6.46. The van der Waals surface area contributed by atoms with Crippen LogP contribution in [-0.2, 0) is 0 Å². The molecule has 0 N–H and O–H groups in total. The molecule has 2 aromatic heterocycles. The quantitative estimate of drug-likeness (QED) is 0.184. The van der Waals surface area contributed by atoms with Crippen molar-refractivity contribution in [3.8, 4) is 67.5 Å². The molecule has 0 bridgehead atoms. The van der Waals surface area contributed by atoms with Crippen LogP contribution in [0.15, 0.2) is 180 Å². The lowest BCUT2D eigenvalue weighted by molar-refractivity contribution is 0.669. The molecule has 0 radical (unpaired) electrons. The van der Waals surface area contributed by atoms with Gasteiger partial charge in [0.15, 0.2) is 17.5 Å². The lowest BCUT2D eigenvalue weighted by atomic mass is 9.96. The molecule has 0 amide bonds. The van der Waals surface area contributed by atoms with Gasteiger partial charge in [-0.15, -0.1) is 0 Å². The molecule has 230 valence electrons. The van der Waals surface area contributed by atoms with Crippen LogP contribution < -0.4 is 0 Å². The lowest BCUT2D eigenvalue weighted by Gasteiger charge is -2.13. The van der Waals surface area contributed by atoms with Gasteiger partial charge >= 0.3 is 0 Å². The summed E-state index contributed by atoms with van der Waals surface area (Å²) >= 11 is 0. The van der Waals surface area contributed by atoms with Crippen LogP contribution >= 0.6 is 0 Å². The van der Waals surface area contributed by atoms with Gasteiger partial charge < -0.3 is 4.42 Å². The molecule has 0 saturated heterocycles. The van der Waals surface area contributed by atoms with Crippen molar-refractivity contribution in [3.05, 3.63) is 176 Å². The van der Waals surface area contributed by atoms with Gasteiger partial charge in [-0.3, -0.25) is 0 Å². The molecule has 0 unspecified atom stereocenters. The predicted octanol–water partition coefficient (Wildman–Crippen LogP) is 11.8. The summed E-state index contributed by atoms with van der Waals surface area (Å²) in [4.78, 5) is 15.4. The molecular formula is C45H29N3O. The van der Waals surface area contributed by atoms with Gasteiger partial charge in [0.25, 0.3) is 0 Å². The number of aromatic nitrogens is 3. The van der Waals surface area contributed by atoms with Gasteiger partial charge in [-0.1, -0.05) is 140 Å². The van der Waals surface area contributed by atoms with Gasteiger partial charge in [-0.05, 0) is 69.8 Å². The third-order valence-corrected chi connectivity index (χ3v) is 8.92. The molecular weight excluding hydrogens is 599 g/mol. The summed E-state index contributed by atoms with van der Waals surface area (Å²) in [6.45, 7) is 0. The normalized spacial score (nSPS) is 11.3. The van der Waals surface area contributed by atoms with E-state index in [0.29, 0.717) is 17.5 Å². The monoisotopic (exact) mass is 627 g/mol. The van der Waals surface area contributed by atoms with Crippen LogP contribution in [-0.4, -0.2) is 15.0 Å². The van der Waals surface area contributed by atoms with E-state index in [0.717, 1.165) is 72.0 Å². The zero-order valence-electron chi connectivity index (χ0n) is 26.5. The van der Waals surface area contributed by atoms with Crippen LogP contribution in [0, 0.1) is 0 Å². The molecule has 0 aliphatic heterocycles. The highest BCUT2D eigenvalue weighted by atomic mass is 16.3. The molecule has 0 fully saturated rings. The van der Waals surface area contributed by atoms with Crippen LogP contribution in [0.2, 0.25) is 0 Å². The molecule has 7 aromatic carbocycles. The first kappa shape index (κ1) is 28.6. The van der Waals surface area contributed by atoms with Crippen molar-refractivity contribution in [3.63, 3.8) is 0 Å². The summed E-state index contributed by atoms with van der Waals surface area (Å²) in [5.74, 6) is 1.81. The zero-order chi connectivity index (χ0) is 32.6. The van der Waals surface area contributed by atoms with Gasteiger partial charge in [0.2, 0.25) is 0 Å². The molecule has 0 spiro atoms. The number of fused-ring (bicyclic) bond motifs is 3. The Morgan fingerprint density at radius 1 is 0.306 bits per heavy atom. The second kappa shape index (κ2) is 12.2. The Balaban J connectivity index is 1.27. The van der Waals surface area contributed by atoms with Crippen LogP contribution in [0.1, 0.15) is 0 Å². The first-order valence-corrected chi connectivity index (χ1v) is 16.4. The molecule has 4 heteroatoms. The van der Waals surface area contributed by atoms with Crippen molar-refractivity contribution in [1.82, 2.24) is 15.0 Å². The molecule has 9 rings (SSSR count). The smallest absolute Gasteiger partial charge is 0.164 e. The Hall–Kier alpha value is -6.65. The maximum absolute atomic E-state index is 6.46. The second-order valence-corrected chi connectivity index (χ2v) is 12.1. The maximum atomic E-state index is 6.46. The molecule has 9 aromatic rings.